The number of aliphatic hydroxyl groups excluding tert-OH is 1. The molecule has 0 spiro atoms. The number of cyclic esters (lactones) is 1. The van der Waals surface area contributed by atoms with Crippen LogP contribution in [0.3, 0.4) is 0 Å². The van der Waals surface area contributed by atoms with E-state index in [1.54, 1.807) is 26.0 Å². The Labute approximate surface area is 234 Å². The monoisotopic (exact) mass is 546 g/mol. The zero-order chi connectivity index (χ0) is 29.1. The van der Waals surface area contributed by atoms with E-state index in [9.17, 15) is 19.6 Å². The summed E-state index contributed by atoms with van der Waals surface area (Å²) in [5, 5.41) is 26.5. The predicted octanol–water partition coefficient (Wildman–Crippen LogP) is 3.90. The van der Waals surface area contributed by atoms with Crippen LogP contribution in [-0.4, -0.2) is 33.3 Å². The van der Waals surface area contributed by atoms with E-state index in [0.717, 1.165) is 36.9 Å². The molecule has 9 heteroatoms. The number of nitrogens with zero attached hydrogens (tertiary/aromatic N) is 3. The zero-order valence-electron chi connectivity index (χ0n) is 23.3. The van der Waals surface area contributed by atoms with Gasteiger partial charge in [-0.15, -0.1) is 0 Å². The summed E-state index contributed by atoms with van der Waals surface area (Å²) in [6.07, 6.45) is 4.76. The molecule has 1 fully saturated rings. The molecule has 4 rings (SSSR count). The molecule has 40 heavy (non-hydrogen) atoms. The molecule has 2 heterocycles. The van der Waals surface area contributed by atoms with Gasteiger partial charge in [-0.1, -0.05) is 31.0 Å². The number of ether oxygens (including phenoxy) is 1. The number of aliphatic hydroxyl groups is 1. The number of hydrogen-bond acceptors (Lipinski definition) is 5. The van der Waals surface area contributed by atoms with Crippen molar-refractivity contribution >= 4 is 17.6 Å². The zero-order valence-corrected chi connectivity index (χ0v) is 23.3. The number of amidine groups is 2. The lowest BCUT2D eigenvalue weighted by Crippen LogP contribution is -2.46. The molecule has 0 radical (unpaired) electrons. The van der Waals surface area contributed by atoms with Crippen molar-refractivity contribution in [3.05, 3.63) is 76.1 Å². The Balaban J connectivity index is 1.53. The van der Waals surface area contributed by atoms with Crippen LogP contribution in [0.1, 0.15) is 81.3 Å². The van der Waals surface area contributed by atoms with Crippen LogP contribution in [0.25, 0.3) is 0 Å². The van der Waals surface area contributed by atoms with Gasteiger partial charge < -0.3 is 15.6 Å². The van der Waals surface area contributed by atoms with Crippen molar-refractivity contribution in [2.75, 3.05) is 0 Å². The summed E-state index contributed by atoms with van der Waals surface area (Å²) < 4.78 is 21.0. The van der Waals surface area contributed by atoms with E-state index >= 15 is 0 Å². The lowest BCUT2D eigenvalue weighted by atomic mass is 9.76. The molecular weight excluding hydrogens is 509 g/mol. The van der Waals surface area contributed by atoms with Crippen molar-refractivity contribution in [2.24, 2.45) is 16.6 Å². The molecule has 0 saturated heterocycles. The van der Waals surface area contributed by atoms with Gasteiger partial charge in [0.05, 0.1) is 23.5 Å². The first-order chi connectivity index (χ1) is 18.9. The number of carbonyl (C=O) groups is 1. The topological polar surface area (TPSA) is 147 Å². The SMILES string of the molecule is Cc1cccc(C(=[NH2+])N=C(N)CC2=C(O)CC(CCc3ccc(C(C)(C)C#N)c(F)c3)(C3CCCC3)OC2=O)n1. The summed E-state index contributed by atoms with van der Waals surface area (Å²) in [4.78, 5) is 21.8. The summed E-state index contributed by atoms with van der Waals surface area (Å²) in [6.45, 7) is 5.19. The smallest absolute Gasteiger partial charge is 0.342 e. The number of aryl methyl sites for hydroxylation is 2. The van der Waals surface area contributed by atoms with Crippen LogP contribution in [-0.2, 0) is 21.4 Å². The van der Waals surface area contributed by atoms with Gasteiger partial charge in [0.15, 0.2) is 5.69 Å². The second kappa shape index (κ2) is 11.6. The molecule has 0 amide bonds. The number of carbonyl (C=O) groups excluding carboxylic acids is 1. The number of esters is 1. The van der Waals surface area contributed by atoms with E-state index in [1.807, 2.05) is 25.1 Å². The van der Waals surface area contributed by atoms with Crippen LogP contribution in [0, 0.1) is 30.0 Å². The Morgan fingerprint density at radius 2 is 2.05 bits per heavy atom. The van der Waals surface area contributed by atoms with Crippen LogP contribution >= 0.6 is 0 Å². The molecule has 1 aliphatic heterocycles. The van der Waals surface area contributed by atoms with E-state index in [-0.39, 0.29) is 41.8 Å². The van der Waals surface area contributed by atoms with Crippen molar-refractivity contribution in [3.8, 4) is 6.07 Å². The van der Waals surface area contributed by atoms with Gasteiger partial charge in [-0.05, 0) is 81.1 Å². The second-order valence-electron chi connectivity index (χ2n) is 11.4. The fourth-order valence-electron chi connectivity index (χ4n) is 5.74. The first-order valence-electron chi connectivity index (χ1n) is 13.7. The third-order valence-electron chi connectivity index (χ3n) is 8.05. The van der Waals surface area contributed by atoms with E-state index < -0.39 is 22.8 Å². The normalized spacial score (nSPS) is 20.4. The largest absolute Gasteiger partial charge is 0.512 e. The highest BCUT2D eigenvalue weighted by atomic mass is 19.1. The highest BCUT2D eigenvalue weighted by Crippen LogP contribution is 2.46. The van der Waals surface area contributed by atoms with Crippen molar-refractivity contribution in [2.45, 2.75) is 83.2 Å². The molecule has 0 bridgehead atoms. The van der Waals surface area contributed by atoms with Crippen molar-refractivity contribution in [1.29, 1.82) is 5.26 Å². The number of rotatable bonds is 8. The second-order valence-corrected chi connectivity index (χ2v) is 11.4. The molecule has 1 aromatic carbocycles. The number of benzene rings is 1. The standard InChI is InChI=1S/C31H36FN5O3/c1-19-7-6-10-25(36-19)28(35)37-27(34)16-22-26(38)17-31(40-29(22)39,21-8-4-5-9-21)14-13-20-11-12-23(24(32)15-20)30(2,3)18-33/h6-7,10-12,15,21,38H,4-5,8-9,13-14,16-17H2,1-3H3,(H3,34,35,37)/p+1. The summed E-state index contributed by atoms with van der Waals surface area (Å²) in [5.74, 6) is -0.865. The summed E-state index contributed by atoms with van der Waals surface area (Å²) in [6, 6.07) is 12.4. The highest BCUT2D eigenvalue weighted by molar-refractivity contribution is 6.05. The van der Waals surface area contributed by atoms with Gasteiger partial charge in [0.2, 0.25) is 5.84 Å². The Kier molecular flexibility index (Phi) is 8.38. The third kappa shape index (κ3) is 6.22. The molecule has 210 valence electrons. The number of pyridine rings is 1. The number of nitrogens with two attached hydrogens (primary N) is 2. The number of aromatic nitrogens is 1. The van der Waals surface area contributed by atoms with Gasteiger partial charge in [-0.2, -0.15) is 5.26 Å². The first-order valence-corrected chi connectivity index (χ1v) is 13.7. The summed E-state index contributed by atoms with van der Waals surface area (Å²) in [7, 11) is 0. The molecule has 1 saturated carbocycles. The van der Waals surface area contributed by atoms with Crippen LogP contribution in [0.15, 0.2) is 52.7 Å². The fourth-order valence-corrected chi connectivity index (χ4v) is 5.74. The number of aliphatic imine (C=N–C) groups is 1. The summed E-state index contributed by atoms with van der Waals surface area (Å²) >= 11 is 0. The van der Waals surface area contributed by atoms with E-state index in [2.05, 4.69) is 16.0 Å². The van der Waals surface area contributed by atoms with Crippen LogP contribution in [0.4, 0.5) is 4.39 Å². The Morgan fingerprint density at radius 3 is 2.67 bits per heavy atom. The third-order valence-corrected chi connectivity index (χ3v) is 8.05. The Morgan fingerprint density at radius 1 is 1.32 bits per heavy atom. The van der Waals surface area contributed by atoms with E-state index in [0.29, 0.717) is 24.1 Å². The minimum absolute atomic E-state index is 0.0588. The molecule has 2 aromatic rings. The first kappa shape index (κ1) is 28.9. The molecule has 1 aromatic heterocycles. The highest BCUT2D eigenvalue weighted by Gasteiger charge is 2.48. The van der Waals surface area contributed by atoms with Gasteiger partial charge in [-0.25, -0.2) is 14.2 Å². The average molecular weight is 547 g/mol. The van der Waals surface area contributed by atoms with Gasteiger partial charge >= 0.3 is 11.8 Å². The van der Waals surface area contributed by atoms with Crippen LogP contribution in [0.5, 0.6) is 0 Å². The molecule has 1 atom stereocenters. The van der Waals surface area contributed by atoms with Gasteiger partial charge in [0.25, 0.3) is 0 Å². The predicted molar refractivity (Wildman–Crippen MR) is 150 cm³/mol. The number of halogens is 1. The van der Waals surface area contributed by atoms with Crippen molar-refractivity contribution < 1.29 is 24.4 Å². The number of nitriles is 1. The summed E-state index contributed by atoms with van der Waals surface area (Å²) in [5.41, 5.74) is 6.66. The maximum absolute atomic E-state index is 14.9. The molecule has 1 aliphatic carbocycles. The average Bonchev–Trinajstić information content (AvgIpc) is 3.45. The Hall–Kier alpha value is -4.06. The maximum atomic E-state index is 14.9. The van der Waals surface area contributed by atoms with E-state index in [4.69, 9.17) is 15.9 Å². The molecule has 8 nitrogen and oxygen atoms in total. The van der Waals surface area contributed by atoms with Crippen molar-refractivity contribution in [3.63, 3.8) is 0 Å². The van der Waals surface area contributed by atoms with Crippen LogP contribution < -0.4 is 11.1 Å². The van der Waals surface area contributed by atoms with Gasteiger partial charge in [0, 0.05) is 17.7 Å². The minimum atomic E-state index is -0.941. The van der Waals surface area contributed by atoms with Crippen molar-refractivity contribution in [1.82, 2.24) is 4.98 Å². The number of hydrogen-bond donors (Lipinski definition) is 3. The maximum Gasteiger partial charge on any atom is 0.342 e. The molecule has 1 unspecified atom stereocenters. The van der Waals surface area contributed by atoms with E-state index in [1.165, 1.54) is 6.07 Å². The molecule has 2 aliphatic rings. The van der Waals surface area contributed by atoms with Crippen LogP contribution in [0.2, 0.25) is 0 Å². The quantitative estimate of drug-likeness (QED) is 0.260. The minimum Gasteiger partial charge on any atom is -0.512 e. The lowest BCUT2D eigenvalue weighted by Gasteiger charge is -2.41. The fraction of sp³-hybridized carbons (Fsp3) is 0.452. The molecular formula is C31H37FN5O3+. The van der Waals surface area contributed by atoms with Gasteiger partial charge in [0.1, 0.15) is 17.2 Å². The lowest BCUT2D eigenvalue weighted by molar-refractivity contribution is -0.167. The Bertz CT molecular complexity index is 1420. The molecule has 5 N–H and O–H groups in total. The van der Waals surface area contributed by atoms with Gasteiger partial charge in [-0.3, -0.25) is 5.41 Å².